The lowest BCUT2D eigenvalue weighted by atomic mass is 9.80. The van der Waals surface area contributed by atoms with E-state index < -0.39 is 97.3 Å². The van der Waals surface area contributed by atoms with Gasteiger partial charge in [0.25, 0.3) is 0 Å². The molecule has 0 aromatic rings. The quantitative estimate of drug-likeness (QED) is 0.310. The third kappa shape index (κ3) is 8.67. The fourth-order valence-electron chi connectivity index (χ4n) is 5.16. The maximum atomic E-state index is 13.2. The normalized spacial score (nSPS) is 34.2. The highest BCUT2D eigenvalue weighted by Gasteiger charge is 2.48. The number of ether oxygens (including phenoxy) is 2. The van der Waals surface area contributed by atoms with Gasteiger partial charge in [-0.1, -0.05) is 25.5 Å². The van der Waals surface area contributed by atoms with E-state index in [1.165, 1.54) is 55.4 Å². The highest BCUT2D eigenvalue weighted by molar-refractivity contribution is 5.69. The second-order valence-corrected chi connectivity index (χ2v) is 11.7. The van der Waals surface area contributed by atoms with Gasteiger partial charge in [-0.2, -0.15) is 0 Å². The Hall–Kier alpha value is -1.22. The van der Waals surface area contributed by atoms with E-state index in [1.54, 1.807) is 0 Å². The topological polar surface area (TPSA) is 98.9 Å². The molecule has 0 saturated carbocycles. The molecule has 0 spiro atoms. The molecule has 0 bridgehead atoms. The Morgan fingerprint density at radius 3 is 1.14 bits per heavy atom. The number of carbonyl (C=O) groups excluding carboxylic acids is 2. The molecule has 0 N–H and O–H groups in total. The smallest absolute Gasteiger partial charge is 0.306 e. The van der Waals surface area contributed by atoms with Crippen molar-refractivity contribution in [2.45, 2.75) is 166 Å². The molecule has 8 heteroatoms. The Bertz CT molecular complexity index is 1250. The first-order valence-corrected chi connectivity index (χ1v) is 11.8. The summed E-state index contributed by atoms with van der Waals surface area (Å²) in [6.45, 7) is 12.1. The van der Waals surface area contributed by atoms with Crippen molar-refractivity contribution in [1.82, 2.24) is 10.1 Å². The minimum absolute atomic E-state index is 0.159. The van der Waals surface area contributed by atoms with Crippen LogP contribution in [0, 0.1) is 0 Å². The molecular formula is C28H50N2O6. The number of hydroxylamine groups is 4. The number of esters is 2. The molecule has 0 aliphatic carbocycles. The zero-order valence-electron chi connectivity index (χ0n) is 38.3. The molecule has 2 heterocycles. The number of piperidine rings is 2. The van der Waals surface area contributed by atoms with Crippen molar-refractivity contribution in [3.8, 4) is 0 Å². The van der Waals surface area contributed by atoms with Gasteiger partial charge in [0.05, 0.1) is 0 Å². The van der Waals surface area contributed by atoms with E-state index in [2.05, 4.69) is 0 Å². The largest absolute Gasteiger partial charge is 0.462 e. The molecule has 2 saturated heterocycles. The molecule has 0 unspecified atom stereocenters. The van der Waals surface area contributed by atoms with Gasteiger partial charge in [0.15, 0.2) is 0 Å². The van der Waals surface area contributed by atoms with E-state index in [9.17, 15) is 20.0 Å². The van der Waals surface area contributed by atoms with Crippen LogP contribution in [0.1, 0.15) is 154 Å². The summed E-state index contributed by atoms with van der Waals surface area (Å²) in [7, 11) is 0. The predicted molar refractivity (Wildman–Crippen MR) is 137 cm³/mol. The van der Waals surface area contributed by atoms with Crippen LogP contribution in [0.25, 0.3) is 0 Å². The Kier molecular flexibility index (Phi) is 4.97. The number of rotatable bonds is 11. The van der Waals surface area contributed by atoms with E-state index in [-0.39, 0.29) is 25.7 Å². The fourth-order valence-corrected chi connectivity index (χ4v) is 5.16. The van der Waals surface area contributed by atoms with Crippen LogP contribution < -0.4 is 0 Å². The third-order valence-corrected chi connectivity index (χ3v) is 6.30. The van der Waals surface area contributed by atoms with Gasteiger partial charge in [0.1, 0.15) is 12.2 Å². The van der Waals surface area contributed by atoms with Crippen LogP contribution >= 0.6 is 0 Å². The van der Waals surface area contributed by atoms with Gasteiger partial charge in [-0.15, -0.1) is 20.5 Å². The molecule has 0 aromatic heterocycles. The average molecular weight is 527 g/mol. The first-order chi connectivity index (χ1) is 22.5. The monoisotopic (exact) mass is 526 g/mol. The number of carbonyl (C=O) groups is 2. The molecule has 2 radical (unpaired) electrons. The van der Waals surface area contributed by atoms with Crippen molar-refractivity contribution in [3.63, 3.8) is 0 Å². The van der Waals surface area contributed by atoms with Crippen LogP contribution in [0.4, 0.5) is 0 Å². The molecule has 8 nitrogen and oxygen atoms in total. The van der Waals surface area contributed by atoms with Crippen LogP contribution in [0.5, 0.6) is 0 Å². The van der Waals surface area contributed by atoms with Crippen LogP contribution in [0.3, 0.4) is 0 Å². The minimum Gasteiger partial charge on any atom is -0.462 e. The highest BCUT2D eigenvalue weighted by Crippen LogP contribution is 2.39. The second kappa shape index (κ2) is 12.1. The molecule has 0 atom stereocenters. The average Bonchev–Trinajstić information content (AvgIpc) is 2.93. The Labute approximate surface area is 241 Å². The third-order valence-electron chi connectivity index (χ3n) is 6.30. The van der Waals surface area contributed by atoms with Crippen molar-refractivity contribution in [2.24, 2.45) is 0 Å². The molecule has 2 aliphatic rings. The number of hydrogen-bond donors (Lipinski definition) is 0. The lowest BCUT2D eigenvalue weighted by Gasteiger charge is -2.49. The summed E-state index contributed by atoms with van der Waals surface area (Å²) >= 11 is 0. The van der Waals surface area contributed by atoms with E-state index in [0.29, 0.717) is 0 Å². The number of nitrogens with zero attached hydrogens (tertiary/aromatic N) is 2. The molecule has 0 amide bonds. The van der Waals surface area contributed by atoms with Crippen LogP contribution in [-0.2, 0) is 29.5 Å². The zero-order chi connectivity index (χ0) is 41.7. The summed E-state index contributed by atoms with van der Waals surface area (Å²) in [6.07, 6.45) is -38.4. The van der Waals surface area contributed by atoms with Crippen molar-refractivity contribution >= 4 is 11.9 Å². The lowest BCUT2D eigenvalue weighted by molar-refractivity contribution is -0.299. The van der Waals surface area contributed by atoms with Gasteiger partial charge in [-0.25, -0.2) is 0 Å². The number of hydrogen-bond acceptors (Lipinski definition) is 6. The summed E-state index contributed by atoms with van der Waals surface area (Å²) in [5.74, 6) is -4.08. The first kappa shape index (κ1) is 14.8. The molecule has 2 fully saturated rings. The van der Waals surface area contributed by atoms with Crippen molar-refractivity contribution in [1.29, 1.82) is 0 Å². The maximum absolute atomic E-state index is 13.2. The van der Waals surface area contributed by atoms with E-state index in [0.717, 1.165) is 10.1 Å². The summed E-state index contributed by atoms with van der Waals surface area (Å²) < 4.78 is 144. The minimum atomic E-state index is -4.62. The van der Waals surface area contributed by atoms with Crippen molar-refractivity contribution in [2.75, 3.05) is 0 Å². The lowest BCUT2D eigenvalue weighted by Crippen LogP contribution is -2.60. The zero-order valence-corrected chi connectivity index (χ0v) is 22.3. The van der Waals surface area contributed by atoms with Gasteiger partial charge in [0.2, 0.25) is 0 Å². The van der Waals surface area contributed by atoms with Crippen molar-refractivity contribution < 1.29 is 51.4 Å². The van der Waals surface area contributed by atoms with Gasteiger partial charge < -0.3 is 9.47 Å². The van der Waals surface area contributed by atoms with E-state index >= 15 is 0 Å². The Balaban J connectivity index is 2.48. The molecule has 208 valence electrons. The fraction of sp³-hybridized carbons (Fsp3) is 0.929. The predicted octanol–water partition coefficient (Wildman–Crippen LogP) is 5.93. The standard InChI is InChI=1S/C28H50N2O6/c1-25(2)17-21(18-26(3,4)29(25)33)35-23(31)15-13-11-9-10-12-14-16-24(32)36-22-19-27(5,6)30(34)28(7,8)20-22/h21-22H,9-20H2,1-8H3/i9D2,10D2,11D2,12D2,13D2,14D2,15D2,16D2. The molecule has 2 rings (SSSR count). The van der Waals surface area contributed by atoms with Crippen molar-refractivity contribution in [3.05, 3.63) is 0 Å². The van der Waals surface area contributed by atoms with Gasteiger partial charge in [0, 0.05) is 82.5 Å². The van der Waals surface area contributed by atoms with Gasteiger partial charge >= 0.3 is 11.9 Å². The highest BCUT2D eigenvalue weighted by atomic mass is 16.6. The van der Waals surface area contributed by atoms with Crippen LogP contribution in [0.15, 0.2) is 0 Å². The molecule has 2 aliphatic heterocycles. The first-order valence-electron chi connectivity index (χ1n) is 19.8. The summed E-state index contributed by atoms with van der Waals surface area (Å²) in [4.78, 5) is 26.3. The molecule has 0 aromatic carbocycles. The molecular weight excluding hydrogens is 460 g/mol. The molecule has 36 heavy (non-hydrogen) atoms. The summed E-state index contributed by atoms with van der Waals surface area (Å²) in [6, 6.07) is 0. The maximum Gasteiger partial charge on any atom is 0.306 e. The van der Waals surface area contributed by atoms with Gasteiger partial charge in [-0.3, -0.25) is 9.59 Å². The Morgan fingerprint density at radius 2 is 0.861 bits per heavy atom. The Morgan fingerprint density at radius 1 is 0.611 bits per heavy atom. The summed E-state index contributed by atoms with van der Waals surface area (Å²) in [5.41, 5.74) is -4.59. The summed E-state index contributed by atoms with van der Waals surface area (Å²) in [5, 5.41) is 26.9. The van der Waals surface area contributed by atoms with Gasteiger partial charge in [-0.05, 0) is 68.1 Å². The van der Waals surface area contributed by atoms with E-state index in [4.69, 9.17) is 31.4 Å². The SMILES string of the molecule is [2H]C([2H])(C(=O)OC1CC(C)(C)N([O])C(C)(C)C1)C([2H])([2H])C([2H])([2H])C([2H])([2H])C([2H])([2H])C([2H])([2H])C([2H])([2H])C([2H])([2H])C(=O)OC1CC(C)(C)N([O])C(C)(C)C1. The van der Waals surface area contributed by atoms with Crippen LogP contribution in [0.2, 0.25) is 0 Å². The van der Waals surface area contributed by atoms with Crippen LogP contribution in [-0.4, -0.2) is 56.4 Å². The second-order valence-electron chi connectivity index (χ2n) is 11.7. The van der Waals surface area contributed by atoms with E-state index in [1.807, 2.05) is 0 Å².